The van der Waals surface area contributed by atoms with E-state index in [0.29, 0.717) is 0 Å². The highest BCUT2D eigenvalue weighted by atomic mass is 16.3. The molecule has 0 saturated carbocycles. The topological polar surface area (TPSA) is 26.3 Å². The third-order valence-electron chi connectivity index (χ3n) is 26.6. The molecule has 0 N–H and O–H groups in total. The molecule has 0 atom stereocenters. The maximum atomic E-state index is 6.45. The van der Waals surface area contributed by atoms with E-state index in [-0.39, 0.29) is 21.7 Å². The van der Waals surface area contributed by atoms with Crippen molar-refractivity contribution in [2.45, 2.75) is 257 Å². The summed E-state index contributed by atoms with van der Waals surface area (Å²) in [5.41, 5.74) is 32.5. The molecule has 0 saturated heterocycles. The van der Waals surface area contributed by atoms with Crippen LogP contribution in [-0.2, 0) is 21.7 Å². The normalized spacial score (nSPS) is 15.2. The van der Waals surface area contributed by atoms with Crippen molar-refractivity contribution in [2.24, 2.45) is 0 Å². The van der Waals surface area contributed by atoms with Crippen molar-refractivity contribution >= 4 is 65.4 Å². The van der Waals surface area contributed by atoms with Crippen LogP contribution in [0.25, 0.3) is 132 Å². The first-order valence-electron chi connectivity index (χ1n) is 41.5. The van der Waals surface area contributed by atoms with E-state index >= 15 is 0 Å². The van der Waals surface area contributed by atoms with Crippen LogP contribution in [-0.4, -0.2) is 0 Å². The average Bonchev–Trinajstić information content (AvgIpc) is 1.51. The summed E-state index contributed by atoms with van der Waals surface area (Å²) in [5.74, 6) is 0. The minimum atomic E-state index is -0.252. The van der Waals surface area contributed by atoms with E-state index in [0.717, 1.165) is 22.3 Å². The Balaban J connectivity index is 0.874. The Labute approximate surface area is 620 Å². The van der Waals surface area contributed by atoms with Crippen molar-refractivity contribution in [1.82, 2.24) is 0 Å². The number of hydrogen-bond acceptors (Lipinski definition) is 2. The lowest BCUT2D eigenvalue weighted by Gasteiger charge is -2.35. The second-order valence-electron chi connectivity index (χ2n) is 33.7. The van der Waals surface area contributed by atoms with E-state index in [9.17, 15) is 0 Å². The highest BCUT2D eigenvalue weighted by molar-refractivity contribution is 6.14. The van der Waals surface area contributed by atoms with E-state index in [4.69, 9.17) is 8.83 Å². The maximum Gasteiger partial charge on any atom is 0.135 e. The molecule has 2 aromatic heterocycles. The highest BCUT2D eigenvalue weighted by Crippen LogP contribution is 2.66. The molecule has 2 heterocycles. The molecule has 0 aliphatic heterocycles. The predicted molar refractivity (Wildman–Crippen MR) is 446 cm³/mol. The van der Waals surface area contributed by atoms with Crippen molar-refractivity contribution in [1.29, 1.82) is 0 Å². The zero-order valence-electron chi connectivity index (χ0n) is 63.9. The van der Waals surface area contributed by atoms with Gasteiger partial charge in [-0.3, -0.25) is 0 Å². The molecule has 530 valence electrons. The number of fused-ring (bicyclic) bond motifs is 22. The van der Waals surface area contributed by atoms with Crippen LogP contribution in [0.5, 0.6) is 0 Å². The fraction of sp³-hybridized carbons (Fsp3) is 0.392. The van der Waals surface area contributed by atoms with Gasteiger partial charge in [-0.05, 0) is 243 Å². The van der Waals surface area contributed by atoms with Gasteiger partial charge in [-0.15, -0.1) is 0 Å². The largest absolute Gasteiger partial charge is 0.456 e. The number of benzene rings is 11. The lowest BCUT2D eigenvalue weighted by Crippen LogP contribution is -2.27. The van der Waals surface area contributed by atoms with Crippen molar-refractivity contribution in [3.05, 3.63) is 226 Å². The predicted octanol–water partition coefficient (Wildman–Crippen LogP) is 31.3. The number of hydrogen-bond donors (Lipinski definition) is 0. The second-order valence-corrected chi connectivity index (χ2v) is 33.7. The van der Waals surface area contributed by atoms with Gasteiger partial charge in [0.2, 0.25) is 0 Å². The molecule has 0 amide bonds. The minimum Gasteiger partial charge on any atom is -0.456 e. The van der Waals surface area contributed by atoms with Crippen molar-refractivity contribution in [3.8, 4) is 66.8 Å². The van der Waals surface area contributed by atoms with Gasteiger partial charge in [-0.25, -0.2) is 0 Å². The van der Waals surface area contributed by atoms with Gasteiger partial charge in [0.15, 0.2) is 0 Å². The fourth-order valence-electron chi connectivity index (χ4n) is 21.0. The molecule has 2 nitrogen and oxygen atoms in total. The third-order valence-corrected chi connectivity index (χ3v) is 26.6. The first kappa shape index (κ1) is 68.6. The van der Waals surface area contributed by atoms with E-state index in [1.54, 1.807) is 33.4 Å². The SMILES string of the molecule is CCCCCCCCC1(CCCCCCCC)c2cc3c(cc2-c2cc4c(cc21)-c1cc2c(cc1C4(CCCCCCCC)CCCCCCCC)-c1c(cc(-c4ccc5oc6ccccc6c5c4)c4ccccc14)C2(C)C)C(C)(C)c1cc(-c2ccc4oc5ccccc5c4c2)c2ccccc2c1-3. The molecule has 2 heteroatoms. The van der Waals surface area contributed by atoms with Gasteiger partial charge in [0.05, 0.1) is 0 Å². The zero-order valence-corrected chi connectivity index (χ0v) is 63.9. The summed E-state index contributed by atoms with van der Waals surface area (Å²) in [4.78, 5) is 0. The number of furan rings is 2. The summed E-state index contributed by atoms with van der Waals surface area (Å²) < 4.78 is 12.9. The van der Waals surface area contributed by atoms with Crippen LogP contribution in [0.15, 0.2) is 191 Å². The lowest BCUT2D eigenvalue weighted by molar-refractivity contribution is 0.394. The standard InChI is InChI=1S/C102H110O2/c1-9-13-17-21-25-37-53-101(54-38-26-22-18-14-10-2)87-63-80-78-62-86-84(98-74-46-32-30-42-70(74)76(60-92(98)100(86,7)8)68-50-52-96-82(58-68)72-44-34-36-48-94(72)104-96)66-90(78)102(55-39-27-23-19-15-11-3,56-40-28-24-20-16-12-4)88(80)64-79(87)77-61-85-83(65-89(77)101)97-73-45-31-29-41-69(73)75(59-91(97)99(85,5)6)67-49-51-95-81(57-67)71-43-33-35-47-93(71)103-95/h29-36,41-52,57-66H,9-28,37-40,53-56H2,1-8H3. The van der Waals surface area contributed by atoms with Crippen LogP contribution in [0.1, 0.15) is 280 Å². The van der Waals surface area contributed by atoms with E-state index in [1.165, 1.54) is 301 Å². The minimum absolute atomic E-state index is 0.132. The number of unbranched alkanes of at least 4 members (excludes halogenated alkanes) is 20. The molecule has 0 spiro atoms. The summed E-state index contributed by atoms with van der Waals surface area (Å²) >= 11 is 0. The number of rotatable bonds is 30. The Bertz CT molecular complexity index is 5050. The van der Waals surface area contributed by atoms with Crippen molar-refractivity contribution in [2.75, 3.05) is 0 Å². The molecular formula is C102H110O2. The van der Waals surface area contributed by atoms with Crippen LogP contribution in [0.4, 0.5) is 0 Å². The summed E-state index contributed by atoms with van der Waals surface area (Å²) in [6, 6.07) is 72.2. The van der Waals surface area contributed by atoms with Crippen LogP contribution < -0.4 is 0 Å². The lowest BCUT2D eigenvalue weighted by atomic mass is 9.68. The summed E-state index contributed by atoms with van der Waals surface area (Å²) in [7, 11) is 0. The number of para-hydroxylation sites is 2. The van der Waals surface area contributed by atoms with Crippen LogP contribution in [0.2, 0.25) is 0 Å². The Morgan fingerprint density at radius 2 is 0.490 bits per heavy atom. The van der Waals surface area contributed by atoms with Crippen molar-refractivity contribution in [3.63, 3.8) is 0 Å². The Kier molecular flexibility index (Phi) is 18.6. The first-order chi connectivity index (χ1) is 50.9. The molecule has 13 aromatic rings. The van der Waals surface area contributed by atoms with E-state index < -0.39 is 0 Å². The van der Waals surface area contributed by atoms with Crippen molar-refractivity contribution < 1.29 is 8.83 Å². The van der Waals surface area contributed by atoms with Gasteiger partial charge in [-0.1, -0.05) is 307 Å². The monoisotopic (exact) mass is 1370 g/mol. The molecule has 0 bridgehead atoms. The van der Waals surface area contributed by atoms with Crippen LogP contribution in [0, 0.1) is 0 Å². The third kappa shape index (κ3) is 11.4. The quantitative estimate of drug-likeness (QED) is 0.0420. The second kappa shape index (κ2) is 28.1. The van der Waals surface area contributed by atoms with E-state index in [2.05, 4.69) is 237 Å². The molecule has 4 aliphatic rings. The van der Waals surface area contributed by atoms with Gasteiger partial charge in [0.1, 0.15) is 22.3 Å². The fourth-order valence-corrected chi connectivity index (χ4v) is 21.0. The molecule has 0 unspecified atom stereocenters. The first-order valence-corrected chi connectivity index (χ1v) is 41.5. The van der Waals surface area contributed by atoms with Crippen LogP contribution >= 0.6 is 0 Å². The Morgan fingerprint density at radius 1 is 0.221 bits per heavy atom. The van der Waals surface area contributed by atoms with Gasteiger partial charge in [0, 0.05) is 43.2 Å². The average molecular weight is 1370 g/mol. The van der Waals surface area contributed by atoms with Gasteiger partial charge in [0.25, 0.3) is 0 Å². The Hall–Kier alpha value is -8.46. The summed E-state index contributed by atoms with van der Waals surface area (Å²) in [6.45, 7) is 19.7. The zero-order chi connectivity index (χ0) is 70.9. The molecule has 4 aliphatic carbocycles. The van der Waals surface area contributed by atoms with Gasteiger partial charge >= 0.3 is 0 Å². The summed E-state index contributed by atoms with van der Waals surface area (Å²) in [6.07, 6.45) is 35.9. The van der Waals surface area contributed by atoms with Gasteiger partial charge < -0.3 is 8.83 Å². The molecule has 104 heavy (non-hydrogen) atoms. The van der Waals surface area contributed by atoms with E-state index in [1.807, 2.05) is 0 Å². The molecule has 17 rings (SSSR count). The van der Waals surface area contributed by atoms with Crippen LogP contribution in [0.3, 0.4) is 0 Å². The maximum absolute atomic E-state index is 6.45. The molecule has 0 fully saturated rings. The molecular weight excluding hydrogens is 1260 g/mol. The smallest absolute Gasteiger partial charge is 0.135 e. The molecule has 11 aromatic carbocycles. The molecule has 0 radical (unpaired) electrons. The summed E-state index contributed by atoms with van der Waals surface area (Å²) in [5, 5.41) is 10.1. The highest BCUT2D eigenvalue weighted by Gasteiger charge is 2.51. The Morgan fingerprint density at radius 3 is 0.837 bits per heavy atom. The van der Waals surface area contributed by atoms with Gasteiger partial charge in [-0.2, -0.15) is 0 Å².